The first-order chi connectivity index (χ1) is 4.22. The number of hydrogen-bond acceptors (Lipinski definition) is 2. The fraction of sp³-hybridized carbons (Fsp3) is 0. The van der Waals surface area contributed by atoms with Gasteiger partial charge in [0.2, 0.25) is 0 Å². The molecule has 0 aliphatic rings. The molecule has 0 atom stereocenters. The summed E-state index contributed by atoms with van der Waals surface area (Å²) in [6, 6.07) is 0. The molecule has 0 spiro atoms. The zero-order valence-electron chi connectivity index (χ0n) is 4.31. The van der Waals surface area contributed by atoms with Gasteiger partial charge in [-0.15, -0.1) is 0 Å². The highest BCUT2D eigenvalue weighted by atomic mass is 79.9. The summed E-state index contributed by atoms with van der Waals surface area (Å²) in [6.07, 6.45) is 2.77. The lowest BCUT2D eigenvalue weighted by atomic mass is 10.5. The van der Waals surface area contributed by atoms with Gasteiger partial charge < -0.3 is 5.11 Å². The average molecular weight is 208 g/mol. The third-order valence-electron chi connectivity index (χ3n) is 0.819. The first kappa shape index (κ1) is 6.83. The molecule has 0 aromatic carbocycles. The minimum Gasteiger partial charge on any atom is -0.505 e. The lowest BCUT2D eigenvalue weighted by molar-refractivity contribution is 0.469. The van der Waals surface area contributed by atoms with E-state index in [4.69, 9.17) is 16.7 Å². The summed E-state index contributed by atoms with van der Waals surface area (Å²) in [7, 11) is 0. The molecule has 0 amide bonds. The number of rotatable bonds is 0. The molecule has 1 rings (SSSR count). The Kier molecular flexibility index (Phi) is 1.93. The van der Waals surface area contributed by atoms with Crippen molar-refractivity contribution in [2.24, 2.45) is 0 Å². The molecule has 0 saturated carbocycles. The second-order valence-corrected chi connectivity index (χ2v) is 2.65. The van der Waals surface area contributed by atoms with Crippen molar-refractivity contribution in [1.29, 1.82) is 0 Å². The molecule has 2 nitrogen and oxygen atoms in total. The van der Waals surface area contributed by atoms with Gasteiger partial charge in [0.15, 0.2) is 0 Å². The summed E-state index contributed by atoms with van der Waals surface area (Å²) in [4.78, 5) is 3.63. The van der Waals surface area contributed by atoms with E-state index in [0.717, 1.165) is 0 Å². The molecule has 1 aromatic heterocycles. The SMILES string of the molecule is Oc1cncc(Cl)c1Br. The summed E-state index contributed by atoms with van der Waals surface area (Å²) in [5.41, 5.74) is 0. The van der Waals surface area contributed by atoms with Gasteiger partial charge >= 0.3 is 0 Å². The predicted molar refractivity (Wildman–Crippen MR) is 38.6 cm³/mol. The Morgan fingerprint density at radius 2 is 2.22 bits per heavy atom. The Labute approximate surface area is 65.6 Å². The lowest BCUT2D eigenvalue weighted by Gasteiger charge is -1.94. The molecule has 0 bridgehead atoms. The van der Waals surface area contributed by atoms with Crippen LogP contribution < -0.4 is 0 Å². The van der Waals surface area contributed by atoms with E-state index in [-0.39, 0.29) is 5.75 Å². The molecule has 0 unspecified atom stereocenters. The third-order valence-corrected chi connectivity index (χ3v) is 2.17. The number of halogens is 2. The maximum Gasteiger partial charge on any atom is 0.149 e. The first-order valence-electron chi connectivity index (χ1n) is 2.20. The van der Waals surface area contributed by atoms with Crippen LogP contribution in [0.5, 0.6) is 5.75 Å². The predicted octanol–water partition coefficient (Wildman–Crippen LogP) is 2.20. The largest absolute Gasteiger partial charge is 0.505 e. The Balaban J connectivity index is 3.25. The maximum atomic E-state index is 8.91. The Bertz CT molecular complexity index is 208. The van der Waals surface area contributed by atoms with Crippen LogP contribution in [0.2, 0.25) is 5.02 Å². The maximum absolute atomic E-state index is 8.91. The molecule has 0 aliphatic heterocycles. The van der Waals surface area contributed by atoms with Crippen molar-refractivity contribution in [2.45, 2.75) is 0 Å². The van der Waals surface area contributed by atoms with E-state index in [9.17, 15) is 0 Å². The van der Waals surface area contributed by atoms with Gasteiger partial charge in [-0.25, -0.2) is 0 Å². The number of aromatic hydroxyl groups is 1. The second kappa shape index (κ2) is 2.54. The minimum absolute atomic E-state index is 0.0579. The van der Waals surface area contributed by atoms with E-state index in [1.807, 2.05) is 0 Å². The number of aromatic nitrogens is 1. The number of hydrogen-bond donors (Lipinski definition) is 1. The zero-order chi connectivity index (χ0) is 6.85. The smallest absolute Gasteiger partial charge is 0.149 e. The van der Waals surface area contributed by atoms with E-state index < -0.39 is 0 Å². The highest BCUT2D eigenvalue weighted by molar-refractivity contribution is 9.10. The summed E-state index contributed by atoms with van der Waals surface area (Å²) in [6.45, 7) is 0. The summed E-state index contributed by atoms with van der Waals surface area (Å²) in [5.74, 6) is 0.0579. The summed E-state index contributed by atoms with van der Waals surface area (Å²) in [5, 5.41) is 9.32. The molecule has 0 fully saturated rings. The molecule has 4 heteroatoms. The third kappa shape index (κ3) is 1.34. The summed E-state index contributed by atoms with van der Waals surface area (Å²) < 4.78 is 0.485. The number of pyridine rings is 1. The van der Waals surface area contributed by atoms with E-state index >= 15 is 0 Å². The lowest BCUT2D eigenvalue weighted by Crippen LogP contribution is -1.73. The molecule has 1 heterocycles. The van der Waals surface area contributed by atoms with Crippen LogP contribution in [0.1, 0.15) is 0 Å². The average Bonchev–Trinajstić information content (AvgIpc) is 1.83. The van der Waals surface area contributed by atoms with Gasteiger partial charge in [0.1, 0.15) is 5.75 Å². The van der Waals surface area contributed by atoms with E-state index in [1.165, 1.54) is 12.4 Å². The van der Waals surface area contributed by atoms with Gasteiger partial charge in [0.25, 0.3) is 0 Å². The summed E-state index contributed by atoms with van der Waals surface area (Å²) >= 11 is 8.60. The van der Waals surface area contributed by atoms with Gasteiger partial charge in [-0.3, -0.25) is 4.98 Å². The fourth-order valence-electron chi connectivity index (χ4n) is 0.409. The van der Waals surface area contributed by atoms with Crippen molar-refractivity contribution >= 4 is 27.5 Å². The van der Waals surface area contributed by atoms with Gasteiger partial charge in [-0.2, -0.15) is 0 Å². The Morgan fingerprint density at radius 3 is 2.67 bits per heavy atom. The van der Waals surface area contributed by atoms with Crippen LogP contribution in [0.15, 0.2) is 16.9 Å². The van der Waals surface area contributed by atoms with Crippen LogP contribution in [-0.2, 0) is 0 Å². The van der Waals surface area contributed by atoms with Crippen molar-refractivity contribution in [3.8, 4) is 5.75 Å². The molecule has 9 heavy (non-hydrogen) atoms. The van der Waals surface area contributed by atoms with Crippen molar-refractivity contribution in [1.82, 2.24) is 4.98 Å². The van der Waals surface area contributed by atoms with Gasteiger partial charge in [-0.1, -0.05) is 11.6 Å². The van der Waals surface area contributed by atoms with E-state index in [2.05, 4.69) is 20.9 Å². The van der Waals surface area contributed by atoms with Crippen molar-refractivity contribution < 1.29 is 5.11 Å². The Hall–Kier alpha value is -0.280. The fourth-order valence-corrected chi connectivity index (χ4v) is 0.767. The van der Waals surface area contributed by atoms with Crippen molar-refractivity contribution in [2.75, 3.05) is 0 Å². The highest BCUT2D eigenvalue weighted by Crippen LogP contribution is 2.28. The van der Waals surface area contributed by atoms with Crippen LogP contribution in [-0.4, -0.2) is 10.1 Å². The molecule has 1 N–H and O–H groups in total. The molecular weight excluding hydrogens is 205 g/mol. The van der Waals surface area contributed by atoms with Crippen molar-refractivity contribution in [3.63, 3.8) is 0 Å². The monoisotopic (exact) mass is 207 g/mol. The van der Waals surface area contributed by atoms with Gasteiger partial charge in [-0.05, 0) is 15.9 Å². The minimum atomic E-state index is 0.0579. The van der Waals surface area contributed by atoms with Crippen LogP contribution >= 0.6 is 27.5 Å². The topological polar surface area (TPSA) is 33.1 Å². The second-order valence-electron chi connectivity index (χ2n) is 1.45. The quantitative estimate of drug-likeness (QED) is 0.709. The molecule has 0 saturated heterocycles. The highest BCUT2D eigenvalue weighted by Gasteiger charge is 2.00. The van der Waals surface area contributed by atoms with Crippen LogP contribution in [0, 0.1) is 0 Å². The standard InChI is InChI=1S/C5H3BrClNO/c6-5-3(7)1-8-2-4(5)9/h1-2,9H. The van der Waals surface area contributed by atoms with Crippen LogP contribution in [0.3, 0.4) is 0 Å². The van der Waals surface area contributed by atoms with Crippen LogP contribution in [0.4, 0.5) is 0 Å². The molecule has 48 valence electrons. The van der Waals surface area contributed by atoms with Gasteiger partial charge in [0.05, 0.1) is 15.7 Å². The Morgan fingerprint density at radius 1 is 1.56 bits per heavy atom. The number of nitrogens with zero attached hydrogens (tertiary/aromatic N) is 1. The zero-order valence-corrected chi connectivity index (χ0v) is 6.65. The van der Waals surface area contributed by atoms with Gasteiger partial charge in [0, 0.05) is 6.20 Å². The first-order valence-corrected chi connectivity index (χ1v) is 3.37. The molecule has 1 aromatic rings. The van der Waals surface area contributed by atoms with E-state index in [0.29, 0.717) is 9.50 Å². The normalized spacial score (nSPS) is 9.56. The van der Waals surface area contributed by atoms with E-state index in [1.54, 1.807) is 0 Å². The van der Waals surface area contributed by atoms with Crippen LogP contribution in [0.25, 0.3) is 0 Å². The van der Waals surface area contributed by atoms with Crippen molar-refractivity contribution in [3.05, 3.63) is 21.9 Å². The molecular formula is C5H3BrClNO. The molecule has 0 radical (unpaired) electrons. The molecule has 0 aliphatic carbocycles.